The molecule has 1 N–H and O–H groups in total. The van der Waals surface area contributed by atoms with Gasteiger partial charge in [0.2, 0.25) is 0 Å². The highest BCUT2D eigenvalue weighted by atomic mass is 16.1. The number of aromatic nitrogens is 2. The topological polar surface area (TPSA) is 39.0 Å². The summed E-state index contributed by atoms with van der Waals surface area (Å²) >= 11 is 0. The van der Waals surface area contributed by atoms with Gasteiger partial charge in [-0.2, -0.15) is 0 Å². The van der Waals surface area contributed by atoms with Crippen molar-refractivity contribution in [3.8, 4) is 0 Å². The lowest BCUT2D eigenvalue weighted by molar-refractivity contribution is 0.535. The van der Waals surface area contributed by atoms with Crippen LogP contribution in [0.5, 0.6) is 0 Å². The minimum Gasteiger partial charge on any atom is -0.315 e. The lowest BCUT2D eigenvalue weighted by atomic mass is 10.1. The number of aryl methyl sites for hydroxylation is 2. The standard InChI is InChI=1S/C14H19N3O/c1-3-10-4-5-12-13(8-10)16(2)14(18)17(12)11-6-7-15-9-11/h4-5,8,11,15H,3,6-7,9H2,1-2H3. The van der Waals surface area contributed by atoms with Gasteiger partial charge in [0.15, 0.2) is 0 Å². The molecule has 1 aromatic heterocycles. The summed E-state index contributed by atoms with van der Waals surface area (Å²) in [6.45, 7) is 4.03. The quantitative estimate of drug-likeness (QED) is 0.869. The van der Waals surface area contributed by atoms with Crippen molar-refractivity contribution < 1.29 is 0 Å². The normalized spacial score (nSPS) is 19.8. The Bertz CT molecular complexity index is 632. The van der Waals surface area contributed by atoms with Gasteiger partial charge in [0, 0.05) is 13.6 Å². The van der Waals surface area contributed by atoms with Crippen LogP contribution in [0.3, 0.4) is 0 Å². The molecule has 2 aromatic rings. The van der Waals surface area contributed by atoms with E-state index in [9.17, 15) is 4.79 Å². The van der Waals surface area contributed by atoms with E-state index in [1.807, 2.05) is 11.6 Å². The van der Waals surface area contributed by atoms with Crippen LogP contribution < -0.4 is 11.0 Å². The molecule has 0 bridgehead atoms. The Hall–Kier alpha value is -1.55. The second-order valence-corrected chi connectivity index (χ2v) is 5.03. The summed E-state index contributed by atoms with van der Waals surface area (Å²) in [5, 5.41) is 3.33. The van der Waals surface area contributed by atoms with E-state index in [0.29, 0.717) is 6.04 Å². The van der Waals surface area contributed by atoms with Gasteiger partial charge < -0.3 is 5.32 Å². The second kappa shape index (κ2) is 4.28. The number of fused-ring (bicyclic) bond motifs is 1. The zero-order chi connectivity index (χ0) is 12.7. The average Bonchev–Trinajstić information content (AvgIpc) is 2.98. The van der Waals surface area contributed by atoms with Gasteiger partial charge in [-0.05, 0) is 37.1 Å². The van der Waals surface area contributed by atoms with E-state index in [1.165, 1.54) is 5.56 Å². The summed E-state index contributed by atoms with van der Waals surface area (Å²) in [5.41, 5.74) is 3.49. The maximum Gasteiger partial charge on any atom is 0.329 e. The van der Waals surface area contributed by atoms with E-state index in [-0.39, 0.29) is 5.69 Å². The van der Waals surface area contributed by atoms with E-state index in [1.54, 1.807) is 4.57 Å². The predicted molar refractivity (Wildman–Crippen MR) is 73.1 cm³/mol. The number of benzene rings is 1. The molecule has 0 aliphatic carbocycles. The fourth-order valence-corrected chi connectivity index (χ4v) is 2.84. The maximum absolute atomic E-state index is 12.4. The molecule has 0 radical (unpaired) electrons. The lowest BCUT2D eigenvalue weighted by Gasteiger charge is -2.10. The molecular formula is C14H19N3O. The third-order valence-corrected chi connectivity index (χ3v) is 3.96. The highest BCUT2D eigenvalue weighted by molar-refractivity contribution is 5.77. The van der Waals surface area contributed by atoms with Gasteiger partial charge in [-0.15, -0.1) is 0 Å². The van der Waals surface area contributed by atoms with E-state index >= 15 is 0 Å². The molecule has 4 heteroatoms. The minimum absolute atomic E-state index is 0.104. The summed E-state index contributed by atoms with van der Waals surface area (Å²) in [6, 6.07) is 6.65. The van der Waals surface area contributed by atoms with Crippen molar-refractivity contribution in [2.24, 2.45) is 7.05 Å². The van der Waals surface area contributed by atoms with Crippen molar-refractivity contribution in [2.45, 2.75) is 25.8 Å². The van der Waals surface area contributed by atoms with Crippen molar-refractivity contribution >= 4 is 11.0 Å². The molecule has 1 unspecified atom stereocenters. The smallest absolute Gasteiger partial charge is 0.315 e. The summed E-state index contributed by atoms with van der Waals surface area (Å²) in [6.07, 6.45) is 2.04. The lowest BCUT2D eigenvalue weighted by Crippen LogP contribution is -2.27. The molecule has 1 saturated heterocycles. The summed E-state index contributed by atoms with van der Waals surface area (Å²) in [5.74, 6) is 0. The van der Waals surface area contributed by atoms with Crippen molar-refractivity contribution in [3.05, 3.63) is 34.2 Å². The zero-order valence-electron chi connectivity index (χ0n) is 10.9. The van der Waals surface area contributed by atoms with Gasteiger partial charge in [-0.25, -0.2) is 4.79 Å². The first-order valence-electron chi connectivity index (χ1n) is 6.63. The first kappa shape index (κ1) is 11.5. The Morgan fingerprint density at radius 2 is 2.22 bits per heavy atom. The first-order valence-corrected chi connectivity index (χ1v) is 6.63. The Labute approximate surface area is 106 Å². The van der Waals surface area contributed by atoms with Crippen LogP contribution in [0.1, 0.15) is 24.9 Å². The highest BCUT2D eigenvalue weighted by Gasteiger charge is 2.22. The maximum atomic E-state index is 12.4. The van der Waals surface area contributed by atoms with Crippen molar-refractivity contribution in [2.75, 3.05) is 13.1 Å². The largest absolute Gasteiger partial charge is 0.329 e. The van der Waals surface area contributed by atoms with Crippen LogP contribution in [0, 0.1) is 0 Å². The molecule has 18 heavy (non-hydrogen) atoms. The average molecular weight is 245 g/mol. The van der Waals surface area contributed by atoms with Gasteiger partial charge in [0.1, 0.15) is 0 Å². The Balaban J connectivity index is 2.25. The van der Waals surface area contributed by atoms with Crippen LogP contribution >= 0.6 is 0 Å². The van der Waals surface area contributed by atoms with Gasteiger partial charge in [0.05, 0.1) is 17.1 Å². The Morgan fingerprint density at radius 3 is 2.89 bits per heavy atom. The third-order valence-electron chi connectivity index (χ3n) is 3.96. The van der Waals surface area contributed by atoms with Gasteiger partial charge >= 0.3 is 5.69 Å². The zero-order valence-corrected chi connectivity index (χ0v) is 10.9. The summed E-state index contributed by atoms with van der Waals surface area (Å²) in [4.78, 5) is 12.4. The fraction of sp³-hybridized carbons (Fsp3) is 0.500. The highest BCUT2D eigenvalue weighted by Crippen LogP contribution is 2.21. The third kappa shape index (κ3) is 1.60. The molecule has 0 amide bonds. The predicted octanol–water partition coefficient (Wildman–Crippen LogP) is 1.44. The number of hydrogen-bond acceptors (Lipinski definition) is 2. The second-order valence-electron chi connectivity index (χ2n) is 5.03. The SMILES string of the molecule is CCc1ccc2c(c1)n(C)c(=O)n2C1CCNC1. The molecule has 4 nitrogen and oxygen atoms in total. The molecule has 0 saturated carbocycles. The monoisotopic (exact) mass is 245 g/mol. The van der Waals surface area contributed by atoms with Gasteiger partial charge in [-0.1, -0.05) is 13.0 Å². The molecule has 1 atom stereocenters. The van der Waals surface area contributed by atoms with Crippen LogP contribution in [0.2, 0.25) is 0 Å². The molecule has 1 fully saturated rings. The molecule has 2 heterocycles. The molecule has 1 aromatic carbocycles. The molecular weight excluding hydrogens is 226 g/mol. The van der Waals surface area contributed by atoms with Crippen molar-refractivity contribution in [3.63, 3.8) is 0 Å². The number of nitrogens with one attached hydrogen (secondary N) is 1. The van der Waals surface area contributed by atoms with E-state index in [2.05, 4.69) is 30.4 Å². The fourth-order valence-electron chi connectivity index (χ4n) is 2.84. The summed E-state index contributed by atoms with van der Waals surface area (Å²) in [7, 11) is 1.86. The number of rotatable bonds is 2. The summed E-state index contributed by atoms with van der Waals surface area (Å²) < 4.78 is 3.72. The van der Waals surface area contributed by atoms with Crippen LogP contribution in [0.4, 0.5) is 0 Å². The van der Waals surface area contributed by atoms with Gasteiger partial charge in [-0.3, -0.25) is 9.13 Å². The first-order chi connectivity index (χ1) is 8.72. The molecule has 1 aliphatic rings. The molecule has 96 valence electrons. The Kier molecular flexibility index (Phi) is 2.74. The van der Waals surface area contributed by atoms with E-state index in [4.69, 9.17) is 0 Å². The molecule has 1 aliphatic heterocycles. The minimum atomic E-state index is 0.104. The Morgan fingerprint density at radius 1 is 1.39 bits per heavy atom. The van der Waals surface area contributed by atoms with Gasteiger partial charge in [0.25, 0.3) is 0 Å². The molecule has 3 rings (SSSR count). The van der Waals surface area contributed by atoms with Crippen molar-refractivity contribution in [1.82, 2.24) is 14.5 Å². The number of hydrogen-bond donors (Lipinski definition) is 1. The van der Waals surface area contributed by atoms with Crippen LogP contribution in [0.25, 0.3) is 11.0 Å². The number of imidazole rings is 1. The molecule has 0 spiro atoms. The van der Waals surface area contributed by atoms with Crippen LogP contribution in [-0.2, 0) is 13.5 Å². The van der Waals surface area contributed by atoms with Crippen molar-refractivity contribution in [1.29, 1.82) is 0 Å². The number of nitrogens with zero attached hydrogens (tertiary/aromatic N) is 2. The van der Waals surface area contributed by atoms with Crippen LogP contribution in [-0.4, -0.2) is 22.2 Å². The van der Waals surface area contributed by atoms with E-state index < -0.39 is 0 Å². The van der Waals surface area contributed by atoms with Crippen LogP contribution in [0.15, 0.2) is 23.0 Å². The van der Waals surface area contributed by atoms with E-state index in [0.717, 1.165) is 37.0 Å².